The Morgan fingerprint density at radius 2 is 1.76 bits per heavy atom. The molecule has 0 aromatic heterocycles. The summed E-state index contributed by atoms with van der Waals surface area (Å²) in [4.78, 5) is 0. The van der Waals surface area contributed by atoms with Gasteiger partial charge >= 0.3 is 0 Å². The SMILES string of the molecule is C=C=C.C=CC1=C(/C=C\C)C(=C)/C(=C\CC(C)C)C1(C)C. The molecule has 1 aliphatic carbocycles. The summed E-state index contributed by atoms with van der Waals surface area (Å²) in [5, 5.41) is 0. The second-order valence-corrected chi connectivity index (χ2v) is 6.13. The summed E-state index contributed by atoms with van der Waals surface area (Å²) in [6, 6.07) is 0. The lowest BCUT2D eigenvalue weighted by atomic mass is 9.80. The van der Waals surface area contributed by atoms with Crippen molar-refractivity contribution in [1.82, 2.24) is 0 Å². The van der Waals surface area contributed by atoms with E-state index in [1.165, 1.54) is 16.7 Å². The Bertz CT molecular complexity index is 510. The van der Waals surface area contributed by atoms with Crippen molar-refractivity contribution in [2.24, 2.45) is 11.3 Å². The molecule has 0 aromatic carbocycles. The number of hydrogen-bond donors (Lipinski definition) is 0. The highest BCUT2D eigenvalue weighted by molar-refractivity contribution is 5.66. The van der Waals surface area contributed by atoms with E-state index >= 15 is 0 Å². The predicted octanol–water partition coefficient (Wildman–Crippen LogP) is 6.57. The molecule has 0 heteroatoms. The summed E-state index contributed by atoms with van der Waals surface area (Å²) < 4.78 is 0. The lowest BCUT2D eigenvalue weighted by molar-refractivity contribution is 0.568. The van der Waals surface area contributed by atoms with Crippen LogP contribution in [0, 0.1) is 11.3 Å². The molecule has 0 fully saturated rings. The fraction of sp³-hybridized carbons (Fsp3) is 0.381. The minimum Gasteiger partial charge on any atom is -0.137 e. The first-order chi connectivity index (χ1) is 9.77. The van der Waals surface area contributed by atoms with Crippen molar-refractivity contribution >= 4 is 0 Å². The van der Waals surface area contributed by atoms with Crippen LogP contribution < -0.4 is 0 Å². The molecule has 114 valence electrons. The number of rotatable bonds is 4. The van der Waals surface area contributed by atoms with Crippen molar-refractivity contribution in [3.8, 4) is 0 Å². The maximum absolute atomic E-state index is 4.28. The van der Waals surface area contributed by atoms with Crippen LogP contribution in [0.1, 0.15) is 41.0 Å². The zero-order valence-corrected chi connectivity index (χ0v) is 14.4. The lowest BCUT2D eigenvalue weighted by Gasteiger charge is -2.23. The lowest BCUT2D eigenvalue weighted by Crippen LogP contribution is -2.12. The van der Waals surface area contributed by atoms with E-state index in [0.29, 0.717) is 5.92 Å². The molecule has 0 saturated heterocycles. The van der Waals surface area contributed by atoms with E-state index in [-0.39, 0.29) is 5.41 Å². The first kappa shape index (κ1) is 19.2. The molecular weight excluding hydrogens is 252 g/mol. The third-order valence-corrected chi connectivity index (χ3v) is 3.62. The Morgan fingerprint density at radius 3 is 2.14 bits per heavy atom. The molecule has 1 aliphatic rings. The van der Waals surface area contributed by atoms with Crippen molar-refractivity contribution < 1.29 is 0 Å². The maximum Gasteiger partial charge on any atom is 0.0155 e. The average Bonchev–Trinajstić information content (AvgIpc) is 2.55. The Morgan fingerprint density at radius 1 is 1.24 bits per heavy atom. The summed E-state index contributed by atoms with van der Waals surface area (Å²) in [6.45, 7) is 25.6. The second kappa shape index (κ2) is 8.49. The zero-order chi connectivity index (χ0) is 16.6. The summed E-state index contributed by atoms with van der Waals surface area (Å²) >= 11 is 0. The Labute approximate surface area is 131 Å². The highest BCUT2D eigenvalue weighted by Gasteiger charge is 2.36. The summed E-state index contributed by atoms with van der Waals surface area (Å²) in [5.41, 5.74) is 7.34. The Hall–Kier alpha value is -1.78. The van der Waals surface area contributed by atoms with Crippen LogP contribution in [0.15, 0.2) is 78.6 Å². The van der Waals surface area contributed by atoms with Crippen LogP contribution in [0.3, 0.4) is 0 Å². The predicted molar refractivity (Wildman–Crippen MR) is 97.3 cm³/mol. The Balaban J connectivity index is 0.00000122. The van der Waals surface area contributed by atoms with Crippen LogP contribution in [0.5, 0.6) is 0 Å². The average molecular weight is 282 g/mol. The van der Waals surface area contributed by atoms with E-state index in [4.69, 9.17) is 0 Å². The van der Waals surface area contributed by atoms with Gasteiger partial charge in [0.15, 0.2) is 0 Å². The maximum atomic E-state index is 4.28. The van der Waals surface area contributed by atoms with Gasteiger partial charge < -0.3 is 0 Å². The monoisotopic (exact) mass is 282 g/mol. The Kier molecular flexibility index (Phi) is 7.77. The fourth-order valence-corrected chi connectivity index (χ4v) is 2.62. The molecule has 0 aromatic rings. The molecule has 0 spiro atoms. The van der Waals surface area contributed by atoms with Gasteiger partial charge in [0, 0.05) is 5.41 Å². The molecule has 0 nitrogen and oxygen atoms in total. The molecule has 0 unspecified atom stereocenters. The van der Waals surface area contributed by atoms with Crippen molar-refractivity contribution in [2.75, 3.05) is 0 Å². The van der Waals surface area contributed by atoms with Crippen LogP contribution in [0.4, 0.5) is 0 Å². The van der Waals surface area contributed by atoms with Crippen LogP contribution in [-0.2, 0) is 0 Å². The zero-order valence-electron chi connectivity index (χ0n) is 14.4. The van der Waals surface area contributed by atoms with E-state index in [0.717, 1.165) is 12.0 Å². The third-order valence-electron chi connectivity index (χ3n) is 3.62. The van der Waals surface area contributed by atoms with Crippen molar-refractivity contribution in [1.29, 1.82) is 0 Å². The highest BCUT2D eigenvalue weighted by atomic mass is 14.4. The number of hydrogen-bond acceptors (Lipinski definition) is 0. The largest absolute Gasteiger partial charge is 0.137 e. The quantitative estimate of drug-likeness (QED) is 0.511. The highest BCUT2D eigenvalue weighted by Crippen LogP contribution is 2.50. The van der Waals surface area contributed by atoms with E-state index in [1.807, 2.05) is 13.0 Å². The van der Waals surface area contributed by atoms with Gasteiger partial charge in [0.25, 0.3) is 0 Å². The van der Waals surface area contributed by atoms with Gasteiger partial charge in [-0.1, -0.05) is 78.3 Å². The van der Waals surface area contributed by atoms with Gasteiger partial charge in [-0.15, -0.1) is 5.73 Å². The van der Waals surface area contributed by atoms with Crippen molar-refractivity contribution in [2.45, 2.75) is 41.0 Å². The molecule has 1 rings (SSSR count). The summed E-state index contributed by atoms with van der Waals surface area (Å²) in [7, 11) is 0. The fourth-order valence-electron chi connectivity index (χ4n) is 2.62. The minimum absolute atomic E-state index is 0.0303. The van der Waals surface area contributed by atoms with Gasteiger partial charge in [-0.2, -0.15) is 0 Å². The second-order valence-electron chi connectivity index (χ2n) is 6.13. The topological polar surface area (TPSA) is 0 Å². The third kappa shape index (κ3) is 4.62. The molecule has 0 amide bonds. The minimum atomic E-state index is 0.0303. The van der Waals surface area contributed by atoms with Crippen molar-refractivity contribution in [3.63, 3.8) is 0 Å². The molecule has 0 N–H and O–H groups in total. The van der Waals surface area contributed by atoms with Gasteiger partial charge in [-0.25, -0.2) is 0 Å². The number of allylic oxidation sites excluding steroid dienone is 8. The molecule has 21 heavy (non-hydrogen) atoms. The summed E-state index contributed by atoms with van der Waals surface area (Å²) in [6.07, 6.45) is 9.66. The van der Waals surface area contributed by atoms with Crippen LogP contribution in [0.25, 0.3) is 0 Å². The molecular formula is C21H30. The normalized spacial score (nSPS) is 19.0. The molecule has 0 aliphatic heterocycles. The van der Waals surface area contributed by atoms with Gasteiger partial charge in [0.05, 0.1) is 0 Å². The van der Waals surface area contributed by atoms with Crippen molar-refractivity contribution in [3.05, 3.63) is 78.6 Å². The van der Waals surface area contributed by atoms with Crippen LogP contribution >= 0.6 is 0 Å². The first-order valence-electron chi connectivity index (χ1n) is 7.47. The summed E-state index contributed by atoms with van der Waals surface area (Å²) in [5.74, 6) is 0.680. The van der Waals surface area contributed by atoms with Crippen LogP contribution in [0.2, 0.25) is 0 Å². The van der Waals surface area contributed by atoms with E-state index in [1.54, 1.807) is 0 Å². The standard InChI is InChI=1S/C18H26.C3H4/c1-8-10-15-14(5)17(12-11-13(3)4)18(6,7)16(15)9-2;1-3-2/h8-10,12-13H,2,5,11H2,1,3-4,6-7H3;1-2H2/b10-8-,17-12+;. The van der Waals surface area contributed by atoms with E-state index in [2.05, 4.69) is 78.0 Å². The molecule has 0 saturated carbocycles. The molecule has 0 radical (unpaired) electrons. The van der Waals surface area contributed by atoms with Crippen LogP contribution in [-0.4, -0.2) is 0 Å². The molecule has 0 bridgehead atoms. The van der Waals surface area contributed by atoms with E-state index < -0.39 is 0 Å². The molecule has 0 heterocycles. The molecule has 0 atom stereocenters. The van der Waals surface area contributed by atoms with Gasteiger partial charge in [0.1, 0.15) is 0 Å². The van der Waals surface area contributed by atoms with E-state index in [9.17, 15) is 0 Å². The van der Waals surface area contributed by atoms with Gasteiger partial charge in [0.2, 0.25) is 0 Å². The van der Waals surface area contributed by atoms with Gasteiger partial charge in [-0.05, 0) is 41.6 Å². The van der Waals surface area contributed by atoms with Gasteiger partial charge in [-0.3, -0.25) is 0 Å². The first-order valence-corrected chi connectivity index (χ1v) is 7.47. The smallest absolute Gasteiger partial charge is 0.0155 e.